The number of aryl methyl sites for hydroxylation is 1. The molecule has 3 aromatic rings. The lowest BCUT2D eigenvalue weighted by atomic mass is 10.1. The van der Waals surface area contributed by atoms with Crippen molar-refractivity contribution in [2.45, 2.75) is 6.92 Å². The second-order valence-electron chi connectivity index (χ2n) is 7.69. The van der Waals surface area contributed by atoms with E-state index < -0.39 is 0 Å². The van der Waals surface area contributed by atoms with Crippen molar-refractivity contribution in [3.05, 3.63) is 54.0 Å². The van der Waals surface area contributed by atoms with Crippen LogP contribution < -0.4 is 24.4 Å². The van der Waals surface area contributed by atoms with Crippen molar-refractivity contribution in [3.8, 4) is 17.2 Å². The van der Waals surface area contributed by atoms with Crippen LogP contribution in [-0.2, 0) is 0 Å². The Balaban J connectivity index is 1.46. The van der Waals surface area contributed by atoms with E-state index in [-0.39, 0.29) is 5.91 Å². The fourth-order valence-electron chi connectivity index (χ4n) is 3.87. The standard InChI is InChI=1S/C24H28N6O4/c1-16-26-21(28-20-7-5-6-8-25-20)15-22(27-16)29-9-11-30(12-10-29)24(31)17-13-18(32-2)23(34-4)19(14-17)33-3/h5-8,13-15H,9-12H2,1-4H3,(H,25,26,27,28). The van der Waals surface area contributed by atoms with E-state index in [2.05, 4.69) is 25.2 Å². The average Bonchev–Trinajstić information content (AvgIpc) is 2.87. The molecule has 2 aromatic heterocycles. The van der Waals surface area contributed by atoms with E-state index in [1.807, 2.05) is 36.1 Å². The number of nitrogens with zero attached hydrogens (tertiary/aromatic N) is 5. The summed E-state index contributed by atoms with van der Waals surface area (Å²) in [5.74, 6) is 4.14. The van der Waals surface area contributed by atoms with Crippen molar-refractivity contribution in [2.24, 2.45) is 0 Å². The lowest BCUT2D eigenvalue weighted by molar-refractivity contribution is 0.0745. The van der Waals surface area contributed by atoms with E-state index in [0.717, 1.165) is 5.82 Å². The van der Waals surface area contributed by atoms with Crippen molar-refractivity contribution in [3.63, 3.8) is 0 Å². The summed E-state index contributed by atoms with van der Waals surface area (Å²) < 4.78 is 16.1. The Morgan fingerprint density at radius 3 is 2.21 bits per heavy atom. The molecular formula is C24H28N6O4. The molecule has 0 saturated carbocycles. The molecule has 10 nitrogen and oxygen atoms in total. The number of benzene rings is 1. The van der Waals surface area contributed by atoms with Crippen LogP contribution in [0.15, 0.2) is 42.6 Å². The molecule has 0 radical (unpaired) electrons. The molecule has 1 amide bonds. The fraction of sp³-hybridized carbons (Fsp3) is 0.333. The highest BCUT2D eigenvalue weighted by molar-refractivity contribution is 5.95. The number of pyridine rings is 1. The van der Waals surface area contributed by atoms with Crippen molar-refractivity contribution < 1.29 is 19.0 Å². The lowest BCUT2D eigenvalue weighted by Crippen LogP contribution is -2.49. The van der Waals surface area contributed by atoms with Gasteiger partial charge >= 0.3 is 0 Å². The monoisotopic (exact) mass is 464 g/mol. The van der Waals surface area contributed by atoms with E-state index in [0.29, 0.717) is 66.5 Å². The van der Waals surface area contributed by atoms with Crippen LogP contribution >= 0.6 is 0 Å². The zero-order valence-corrected chi connectivity index (χ0v) is 19.7. The Hall–Kier alpha value is -4.08. The molecule has 1 saturated heterocycles. The number of anilines is 3. The zero-order valence-electron chi connectivity index (χ0n) is 19.7. The number of hydrogen-bond donors (Lipinski definition) is 1. The number of aromatic nitrogens is 3. The zero-order chi connectivity index (χ0) is 24.1. The second-order valence-corrected chi connectivity index (χ2v) is 7.69. The van der Waals surface area contributed by atoms with Gasteiger partial charge in [-0.05, 0) is 31.2 Å². The highest BCUT2D eigenvalue weighted by Gasteiger charge is 2.25. The first-order valence-electron chi connectivity index (χ1n) is 10.9. The predicted molar refractivity (Wildman–Crippen MR) is 129 cm³/mol. The van der Waals surface area contributed by atoms with Crippen LogP contribution in [0.3, 0.4) is 0 Å². The van der Waals surface area contributed by atoms with Crippen LogP contribution in [0.5, 0.6) is 17.2 Å². The molecule has 34 heavy (non-hydrogen) atoms. The first-order valence-corrected chi connectivity index (χ1v) is 10.9. The van der Waals surface area contributed by atoms with Crippen molar-refractivity contribution in [1.29, 1.82) is 0 Å². The molecule has 1 aliphatic heterocycles. The number of methoxy groups -OCH3 is 3. The highest BCUT2D eigenvalue weighted by Crippen LogP contribution is 2.38. The van der Waals surface area contributed by atoms with Gasteiger partial charge in [0.2, 0.25) is 5.75 Å². The third-order valence-electron chi connectivity index (χ3n) is 5.55. The summed E-state index contributed by atoms with van der Waals surface area (Å²) in [5.41, 5.74) is 0.489. The second kappa shape index (κ2) is 10.2. The number of hydrogen-bond acceptors (Lipinski definition) is 9. The topological polar surface area (TPSA) is 102 Å². The van der Waals surface area contributed by atoms with Gasteiger partial charge in [0.25, 0.3) is 5.91 Å². The normalized spacial score (nSPS) is 13.4. The largest absolute Gasteiger partial charge is 0.493 e. The molecule has 0 aliphatic carbocycles. The Morgan fingerprint density at radius 1 is 0.912 bits per heavy atom. The summed E-state index contributed by atoms with van der Waals surface area (Å²) >= 11 is 0. The Bertz CT molecular complexity index is 1120. The van der Waals surface area contributed by atoms with E-state index in [4.69, 9.17) is 14.2 Å². The number of rotatable bonds is 7. The van der Waals surface area contributed by atoms with Gasteiger partial charge in [0.15, 0.2) is 11.5 Å². The van der Waals surface area contributed by atoms with Crippen molar-refractivity contribution in [1.82, 2.24) is 19.9 Å². The number of carbonyl (C=O) groups excluding carboxylic acids is 1. The van der Waals surface area contributed by atoms with E-state index in [1.54, 1.807) is 18.3 Å². The van der Waals surface area contributed by atoms with E-state index in [1.165, 1.54) is 21.3 Å². The minimum Gasteiger partial charge on any atom is -0.493 e. The SMILES string of the molecule is COc1cc(C(=O)N2CCN(c3cc(Nc4ccccn4)nc(C)n3)CC2)cc(OC)c1OC. The molecule has 0 unspecified atom stereocenters. The first kappa shape index (κ1) is 23.1. The minimum absolute atomic E-state index is 0.0877. The Morgan fingerprint density at radius 2 is 1.62 bits per heavy atom. The Kier molecular flexibility index (Phi) is 6.95. The molecule has 0 bridgehead atoms. The first-order chi connectivity index (χ1) is 16.5. The summed E-state index contributed by atoms with van der Waals surface area (Å²) in [6, 6.07) is 10.9. The maximum atomic E-state index is 13.2. The summed E-state index contributed by atoms with van der Waals surface area (Å²) in [5, 5.41) is 3.22. The maximum absolute atomic E-state index is 13.2. The van der Waals surface area contributed by atoms with Crippen LogP contribution in [0.25, 0.3) is 0 Å². The van der Waals surface area contributed by atoms with Crippen LogP contribution in [0, 0.1) is 6.92 Å². The molecule has 178 valence electrons. The molecule has 10 heteroatoms. The number of amides is 1. The molecule has 0 spiro atoms. The van der Waals surface area contributed by atoms with Gasteiger partial charge in [-0.1, -0.05) is 6.07 Å². The van der Waals surface area contributed by atoms with Gasteiger partial charge in [-0.2, -0.15) is 0 Å². The summed E-state index contributed by atoms with van der Waals surface area (Å²) in [6.07, 6.45) is 1.72. The lowest BCUT2D eigenvalue weighted by Gasteiger charge is -2.35. The molecular weight excluding hydrogens is 436 g/mol. The molecule has 0 atom stereocenters. The highest BCUT2D eigenvalue weighted by atomic mass is 16.5. The van der Waals surface area contributed by atoms with Gasteiger partial charge in [-0.25, -0.2) is 15.0 Å². The summed E-state index contributed by atoms with van der Waals surface area (Å²) in [6.45, 7) is 4.27. The van der Waals surface area contributed by atoms with Crippen molar-refractivity contribution >= 4 is 23.4 Å². The van der Waals surface area contributed by atoms with Gasteiger partial charge < -0.3 is 29.3 Å². The Labute approximate surface area is 198 Å². The van der Waals surface area contributed by atoms with Crippen LogP contribution in [0.1, 0.15) is 16.2 Å². The van der Waals surface area contributed by atoms with Gasteiger partial charge in [0.1, 0.15) is 23.3 Å². The molecule has 1 aromatic carbocycles. The van der Waals surface area contributed by atoms with Crippen LogP contribution in [0.4, 0.5) is 17.5 Å². The quantitative estimate of drug-likeness (QED) is 0.565. The van der Waals surface area contributed by atoms with E-state index >= 15 is 0 Å². The van der Waals surface area contributed by atoms with Crippen LogP contribution in [-0.4, -0.2) is 73.3 Å². The number of piperazine rings is 1. The van der Waals surface area contributed by atoms with Gasteiger partial charge in [-0.3, -0.25) is 4.79 Å². The average molecular weight is 465 g/mol. The number of ether oxygens (including phenoxy) is 3. The van der Waals surface area contributed by atoms with Crippen molar-refractivity contribution in [2.75, 3.05) is 57.7 Å². The van der Waals surface area contributed by atoms with E-state index in [9.17, 15) is 4.79 Å². The van der Waals surface area contributed by atoms with Gasteiger partial charge in [0, 0.05) is 44.0 Å². The third kappa shape index (κ3) is 4.95. The maximum Gasteiger partial charge on any atom is 0.254 e. The molecule has 3 heterocycles. The molecule has 1 N–H and O–H groups in total. The molecule has 4 rings (SSSR count). The molecule has 1 aliphatic rings. The minimum atomic E-state index is -0.0877. The number of carbonyl (C=O) groups is 1. The third-order valence-corrected chi connectivity index (χ3v) is 5.55. The fourth-order valence-corrected chi connectivity index (χ4v) is 3.87. The summed E-state index contributed by atoms with van der Waals surface area (Å²) in [7, 11) is 4.60. The van der Waals surface area contributed by atoms with Crippen LogP contribution in [0.2, 0.25) is 0 Å². The van der Waals surface area contributed by atoms with Gasteiger partial charge in [0.05, 0.1) is 21.3 Å². The number of nitrogens with one attached hydrogen (secondary N) is 1. The smallest absolute Gasteiger partial charge is 0.254 e. The van der Waals surface area contributed by atoms with Gasteiger partial charge in [-0.15, -0.1) is 0 Å². The summed E-state index contributed by atoms with van der Waals surface area (Å²) in [4.78, 5) is 30.5. The predicted octanol–water partition coefficient (Wildman–Crippen LogP) is 2.91. The molecule has 1 fully saturated rings.